The van der Waals surface area contributed by atoms with Gasteiger partial charge in [0.1, 0.15) is 5.75 Å². The Balaban J connectivity index is 2.06. The number of benzene rings is 2. The zero-order valence-electron chi connectivity index (χ0n) is 16.8. The van der Waals surface area contributed by atoms with Gasteiger partial charge in [0, 0.05) is 27.7 Å². The number of amides is 1. The lowest BCUT2D eigenvalue weighted by atomic mass is 10.1. The van der Waals surface area contributed by atoms with Crippen molar-refractivity contribution in [3.63, 3.8) is 0 Å². The van der Waals surface area contributed by atoms with Gasteiger partial charge in [-0.2, -0.15) is 0 Å². The molecule has 0 saturated carbocycles. The van der Waals surface area contributed by atoms with Crippen molar-refractivity contribution >= 4 is 51.9 Å². The summed E-state index contributed by atoms with van der Waals surface area (Å²) >= 11 is 12.0. The van der Waals surface area contributed by atoms with E-state index in [-0.39, 0.29) is 29.5 Å². The Labute approximate surface area is 188 Å². The van der Waals surface area contributed by atoms with Crippen molar-refractivity contribution in [2.75, 3.05) is 0 Å². The van der Waals surface area contributed by atoms with Gasteiger partial charge >= 0.3 is 5.97 Å². The van der Waals surface area contributed by atoms with Crippen LogP contribution in [0.2, 0.25) is 10.0 Å². The van der Waals surface area contributed by atoms with Crippen LogP contribution in [0, 0.1) is 6.92 Å². The Morgan fingerprint density at radius 1 is 1.13 bits per heavy atom. The number of hydrogen-bond acceptors (Lipinski definition) is 4. The van der Waals surface area contributed by atoms with Gasteiger partial charge in [-0.25, -0.2) is 0 Å². The van der Waals surface area contributed by atoms with Crippen LogP contribution in [0.25, 0.3) is 10.9 Å². The molecule has 0 aliphatic carbocycles. The second-order valence-electron chi connectivity index (χ2n) is 7.28. The molecule has 3 aromatic rings. The molecule has 0 fully saturated rings. The average Bonchev–Trinajstić information content (AvgIpc) is 2.92. The van der Waals surface area contributed by atoms with Crippen LogP contribution in [-0.2, 0) is 16.0 Å². The largest absolute Gasteiger partial charge is 0.506 e. The molecule has 1 aromatic heterocycles. The van der Waals surface area contributed by atoms with Crippen LogP contribution in [0.4, 0.5) is 0 Å². The van der Waals surface area contributed by atoms with Crippen LogP contribution in [0.5, 0.6) is 5.75 Å². The van der Waals surface area contributed by atoms with Gasteiger partial charge in [-0.05, 0) is 55.8 Å². The number of phenols is 1. The first kappa shape index (κ1) is 22.7. The summed E-state index contributed by atoms with van der Waals surface area (Å²) in [4.78, 5) is 36.6. The Morgan fingerprint density at radius 2 is 1.77 bits per heavy atom. The Hall–Kier alpha value is -3.03. The van der Waals surface area contributed by atoms with E-state index in [4.69, 9.17) is 28.3 Å². The van der Waals surface area contributed by atoms with Crippen molar-refractivity contribution in [1.29, 1.82) is 0 Å². The minimum absolute atomic E-state index is 0.0706. The van der Waals surface area contributed by atoms with E-state index in [2.05, 4.69) is 5.32 Å². The van der Waals surface area contributed by atoms with E-state index in [0.29, 0.717) is 32.7 Å². The van der Waals surface area contributed by atoms with Gasteiger partial charge in [-0.15, -0.1) is 0 Å². The van der Waals surface area contributed by atoms with E-state index in [1.165, 1.54) is 16.7 Å². The number of aromatic nitrogens is 1. The molecule has 0 saturated heterocycles. The number of aliphatic carboxylic acids is 1. The smallest absolute Gasteiger partial charge is 0.305 e. The fourth-order valence-electron chi connectivity index (χ4n) is 3.49. The molecule has 0 aliphatic rings. The van der Waals surface area contributed by atoms with Crippen LogP contribution in [0.15, 0.2) is 36.4 Å². The summed E-state index contributed by atoms with van der Waals surface area (Å²) in [7, 11) is 0. The van der Waals surface area contributed by atoms with Gasteiger partial charge in [0.2, 0.25) is 5.91 Å². The fourth-order valence-corrected chi connectivity index (χ4v) is 3.78. The van der Waals surface area contributed by atoms with E-state index < -0.39 is 17.9 Å². The Morgan fingerprint density at radius 3 is 2.39 bits per heavy atom. The molecule has 0 radical (unpaired) electrons. The zero-order valence-corrected chi connectivity index (χ0v) is 18.3. The zero-order chi connectivity index (χ0) is 22.9. The number of halogens is 2. The van der Waals surface area contributed by atoms with Crippen LogP contribution in [0.3, 0.4) is 0 Å². The molecule has 0 bridgehead atoms. The van der Waals surface area contributed by atoms with Crippen molar-refractivity contribution in [2.24, 2.45) is 0 Å². The van der Waals surface area contributed by atoms with Gasteiger partial charge in [-0.3, -0.25) is 19.0 Å². The third kappa shape index (κ3) is 4.84. The topological polar surface area (TPSA) is 109 Å². The van der Waals surface area contributed by atoms with Crippen LogP contribution < -0.4 is 5.32 Å². The van der Waals surface area contributed by atoms with E-state index in [0.717, 1.165) is 0 Å². The van der Waals surface area contributed by atoms with Crippen molar-refractivity contribution in [1.82, 2.24) is 9.88 Å². The molecule has 7 nitrogen and oxygen atoms in total. The van der Waals surface area contributed by atoms with Gasteiger partial charge in [-0.1, -0.05) is 23.2 Å². The molecule has 1 heterocycles. The lowest BCUT2D eigenvalue weighted by Crippen LogP contribution is -2.35. The van der Waals surface area contributed by atoms with Crippen LogP contribution in [0.1, 0.15) is 35.0 Å². The summed E-state index contributed by atoms with van der Waals surface area (Å²) in [6.07, 6.45) is -0.313. The van der Waals surface area contributed by atoms with Gasteiger partial charge < -0.3 is 15.5 Å². The van der Waals surface area contributed by atoms with Gasteiger partial charge in [0.15, 0.2) is 0 Å². The number of carboxylic acids is 1. The number of nitrogens with zero attached hydrogens (tertiary/aromatic N) is 1. The lowest BCUT2D eigenvalue weighted by Gasteiger charge is -2.12. The monoisotopic (exact) mass is 462 g/mol. The Bertz CT molecular complexity index is 1190. The highest BCUT2D eigenvalue weighted by Gasteiger charge is 2.23. The van der Waals surface area contributed by atoms with Crippen molar-refractivity contribution in [2.45, 2.75) is 32.7 Å². The molecule has 9 heteroatoms. The maximum absolute atomic E-state index is 13.2. The van der Waals surface area contributed by atoms with Crippen LogP contribution in [-0.4, -0.2) is 38.6 Å². The van der Waals surface area contributed by atoms with E-state index in [1.54, 1.807) is 38.1 Å². The highest BCUT2D eigenvalue weighted by Crippen LogP contribution is 2.35. The van der Waals surface area contributed by atoms with Gasteiger partial charge in [0.05, 0.1) is 23.4 Å². The summed E-state index contributed by atoms with van der Waals surface area (Å²) in [6.45, 7) is 3.29. The molecule has 162 valence electrons. The Kier molecular flexibility index (Phi) is 6.57. The number of carbonyl (C=O) groups excluding carboxylic acids is 2. The minimum Gasteiger partial charge on any atom is -0.506 e. The molecule has 1 unspecified atom stereocenters. The first-order valence-corrected chi connectivity index (χ1v) is 10.2. The summed E-state index contributed by atoms with van der Waals surface area (Å²) in [5.41, 5.74) is 1.88. The fraction of sp³-hybridized carbons (Fsp3) is 0.227. The summed E-state index contributed by atoms with van der Waals surface area (Å²) in [5, 5.41) is 22.7. The number of fused-ring (bicyclic) bond motifs is 1. The normalized spacial score (nSPS) is 12.0. The SMILES string of the molecule is Cc1c(CC(=O)NC(C)CC(=O)O)c2cc(O)c(Cl)cc2n1C(=O)c1ccc(Cl)cc1. The predicted octanol–water partition coefficient (Wildman–Crippen LogP) is 4.17. The third-order valence-corrected chi connectivity index (χ3v) is 5.48. The number of carbonyl (C=O) groups is 3. The summed E-state index contributed by atoms with van der Waals surface area (Å²) in [6, 6.07) is 8.73. The van der Waals surface area contributed by atoms with Crippen molar-refractivity contribution in [3.8, 4) is 5.75 Å². The van der Waals surface area contributed by atoms with Crippen LogP contribution >= 0.6 is 23.2 Å². The van der Waals surface area contributed by atoms with E-state index in [9.17, 15) is 19.5 Å². The number of carboxylic acid groups (broad SMARTS) is 1. The molecule has 0 aliphatic heterocycles. The molecular weight excluding hydrogens is 443 g/mol. The number of phenolic OH excluding ortho intramolecular Hbond substituents is 1. The number of nitrogens with one attached hydrogen (secondary N) is 1. The standard InChI is InChI=1S/C22H20Cl2N2O5/c1-11(7-21(29)30)25-20(28)9-15-12(2)26(18-10-17(24)19(27)8-16(15)18)22(31)13-3-5-14(23)6-4-13/h3-6,8,10-11,27H,7,9H2,1-2H3,(H,25,28)(H,29,30). The molecule has 3 rings (SSSR count). The van der Waals surface area contributed by atoms with Crippen molar-refractivity contribution < 1.29 is 24.6 Å². The minimum atomic E-state index is -1.02. The molecule has 1 atom stereocenters. The highest BCUT2D eigenvalue weighted by molar-refractivity contribution is 6.33. The second-order valence-corrected chi connectivity index (χ2v) is 8.12. The highest BCUT2D eigenvalue weighted by atomic mass is 35.5. The number of aromatic hydroxyl groups is 1. The first-order valence-electron chi connectivity index (χ1n) is 9.42. The first-order chi connectivity index (χ1) is 14.6. The predicted molar refractivity (Wildman–Crippen MR) is 118 cm³/mol. The summed E-state index contributed by atoms with van der Waals surface area (Å²) < 4.78 is 1.44. The quantitative estimate of drug-likeness (QED) is 0.509. The second kappa shape index (κ2) is 8.99. The number of rotatable bonds is 6. The lowest BCUT2D eigenvalue weighted by molar-refractivity contribution is -0.137. The number of hydrogen-bond donors (Lipinski definition) is 3. The van der Waals surface area contributed by atoms with Gasteiger partial charge in [0.25, 0.3) is 5.91 Å². The third-order valence-electron chi connectivity index (χ3n) is 4.92. The van der Waals surface area contributed by atoms with Crippen molar-refractivity contribution in [3.05, 3.63) is 63.3 Å². The maximum atomic E-state index is 13.2. The summed E-state index contributed by atoms with van der Waals surface area (Å²) in [5.74, 6) is -1.93. The van der Waals surface area contributed by atoms with E-state index in [1.807, 2.05) is 0 Å². The molecule has 31 heavy (non-hydrogen) atoms. The average molecular weight is 463 g/mol. The molecule has 0 spiro atoms. The molecule has 3 N–H and O–H groups in total. The van der Waals surface area contributed by atoms with E-state index >= 15 is 0 Å². The molecule has 1 amide bonds. The maximum Gasteiger partial charge on any atom is 0.305 e. The molecular formula is C22H20Cl2N2O5. The molecule has 2 aromatic carbocycles.